The van der Waals surface area contributed by atoms with Gasteiger partial charge in [-0.1, -0.05) is 30.3 Å². The summed E-state index contributed by atoms with van der Waals surface area (Å²) in [5, 5.41) is 7.56. The van der Waals surface area contributed by atoms with E-state index in [0.29, 0.717) is 11.8 Å². The van der Waals surface area contributed by atoms with Crippen LogP contribution in [0.4, 0.5) is 0 Å². The number of piperidine rings is 1. The number of carbonyl (C=O) groups is 1. The molecule has 0 bridgehead atoms. The molecule has 144 valence electrons. The van der Waals surface area contributed by atoms with Gasteiger partial charge in [0.25, 0.3) is 0 Å². The van der Waals surface area contributed by atoms with Gasteiger partial charge in [-0.2, -0.15) is 5.10 Å². The Kier molecular flexibility index (Phi) is 5.58. The topological polar surface area (TPSA) is 52.2 Å². The van der Waals surface area contributed by atoms with Crippen molar-refractivity contribution < 1.29 is 4.79 Å². The van der Waals surface area contributed by atoms with Crippen molar-refractivity contribution >= 4 is 5.91 Å². The number of carbonyl (C=O) groups excluding carboxylic acids is 1. The number of aromatic nitrogens is 2. The molecule has 0 saturated carbocycles. The smallest absolute Gasteiger partial charge is 0.239 e. The van der Waals surface area contributed by atoms with Gasteiger partial charge in [0.15, 0.2) is 0 Å². The Morgan fingerprint density at radius 2 is 1.85 bits per heavy atom. The van der Waals surface area contributed by atoms with E-state index in [2.05, 4.69) is 57.3 Å². The first-order valence-corrected chi connectivity index (χ1v) is 10.3. The summed E-state index contributed by atoms with van der Waals surface area (Å²) in [5.41, 5.74) is 3.86. The Balaban J connectivity index is 1.36. The van der Waals surface area contributed by atoms with Crippen LogP contribution >= 0.6 is 0 Å². The normalized spacial score (nSPS) is 20.1. The van der Waals surface area contributed by atoms with E-state index in [9.17, 15) is 4.79 Å². The van der Waals surface area contributed by atoms with Crippen molar-refractivity contribution in [3.63, 3.8) is 0 Å². The van der Waals surface area contributed by atoms with E-state index in [1.54, 1.807) is 0 Å². The van der Waals surface area contributed by atoms with Gasteiger partial charge in [0, 0.05) is 31.1 Å². The number of hydrogen-bond donors (Lipinski definition) is 1. The molecule has 2 aliphatic rings. The molecule has 5 heteroatoms. The van der Waals surface area contributed by atoms with Crippen LogP contribution in [0.1, 0.15) is 55.3 Å². The summed E-state index contributed by atoms with van der Waals surface area (Å²) < 4.78 is 0. The average Bonchev–Trinajstić information content (AvgIpc) is 3.40. The van der Waals surface area contributed by atoms with Crippen LogP contribution in [-0.2, 0) is 11.2 Å². The Morgan fingerprint density at radius 3 is 2.56 bits per heavy atom. The van der Waals surface area contributed by atoms with E-state index in [0.717, 1.165) is 45.4 Å². The monoisotopic (exact) mass is 366 g/mol. The first-order chi connectivity index (χ1) is 13.2. The molecule has 1 N–H and O–H groups in total. The van der Waals surface area contributed by atoms with Crippen LogP contribution < -0.4 is 0 Å². The van der Waals surface area contributed by atoms with Gasteiger partial charge < -0.3 is 4.90 Å². The number of hydrogen-bond acceptors (Lipinski definition) is 3. The van der Waals surface area contributed by atoms with Crippen molar-refractivity contribution in [1.29, 1.82) is 0 Å². The molecule has 0 unspecified atom stereocenters. The Morgan fingerprint density at radius 1 is 1.15 bits per heavy atom. The third-order valence-corrected chi connectivity index (χ3v) is 6.25. The number of aromatic amines is 1. The fraction of sp³-hybridized carbons (Fsp3) is 0.545. The average molecular weight is 367 g/mol. The summed E-state index contributed by atoms with van der Waals surface area (Å²) in [7, 11) is 0. The molecule has 1 aromatic carbocycles. The van der Waals surface area contributed by atoms with Gasteiger partial charge in [0.2, 0.25) is 5.91 Å². The predicted molar refractivity (Wildman–Crippen MR) is 107 cm³/mol. The molecule has 5 nitrogen and oxygen atoms in total. The summed E-state index contributed by atoms with van der Waals surface area (Å²) >= 11 is 0. The second kappa shape index (κ2) is 8.26. The van der Waals surface area contributed by atoms with Crippen LogP contribution in [0.25, 0.3) is 0 Å². The van der Waals surface area contributed by atoms with Gasteiger partial charge >= 0.3 is 0 Å². The van der Waals surface area contributed by atoms with Crippen LogP contribution in [0.15, 0.2) is 36.5 Å². The molecule has 3 heterocycles. The SMILES string of the molecule is C[C@H](C(=O)N1CCC(c2[nH]ncc2Cc2ccccc2)CC1)N1CCCC1. The van der Waals surface area contributed by atoms with Gasteiger partial charge in [-0.15, -0.1) is 0 Å². The van der Waals surface area contributed by atoms with Gasteiger partial charge in [-0.05, 0) is 56.8 Å². The summed E-state index contributed by atoms with van der Waals surface area (Å²) in [6.07, 6.45) is 7.37. The van der Waals surface area contributed by atoms with Crippen LogP contribution in [-0.4, -0.2) is 58.1 Å². The largest absolute Gasteiger partial charge is 0.341 e. The standard InChI is InChI=1S/C22H30N4O/c1-17(25-11-5-6-12-25)22(27)26-13-9-19(10-14-26)21-20(16-23-24-21)15-18-7-3-2-4-8-18/h2-4,7-8,16-17,19H,5-6,9-15H2,1H3,(H,23,24)/t17-/m1/s1. The highest BCUT2D eigenvalue weighted by Crippen LogP contribution is 2.30. The molecule has 1 aromatic heterocycles. The first-order valence-electron chi connectivity index (χ1n) is 10.3. The van der Waals surface area contributed by atoms with E-state index in [-0.39, 0.29) is 6.04 Å². The van der Waals surface area contributed by atoms with Crippen LogP contribution in [0.2, 0.25) is 0 Å². The van der Waals surface area contributed by atoms with Gasteiger partial charge in [-0.25, -0.2) is 0 Å². The lowest BCUT2D eigenvalue weighted by molar-refractivity contribution is -0.137. The van der Waals surface area contributed by atoms with E-state index in [1.165, 1.54) is 29.7 Å². The fourth-order valence-corrected chi connectivity index (χ4v) is 4.57. The number of H-pyrrole nitrogens is 1. The molecule has 2 fully saturated rings. The van der Waals surface area contributed by atoms with Gasteiger partial charge in [-0.3, -0.25) is 14.8 Å². The quantitative estimate of drug-likeness (QED) is 0.884. The lowest BCUT2D eigenvalue weighted by Gasteiger charge is -2.35. The first kappa shape index (κ1) is 18.2. The zero-order valence-corrected chi connectivity index (χ0v) is 16.2. The highest BCUT2D eigenvalue weighted by Gasteiger charge is 2.31. The Hall–Kier alpha value is -2.14. The highest BCUT2D eigenvalue weighted by molar-refractivity contribution is 5.81. The molecule has 2 saturated heterocycles. The number of nitrogens with zero attached hydrogens (tertiary/aromatic N) is 3. The third kappa shape index (κ3) is 4.08. The van der Waals surface area contributed by atoms with Crippen molar-refractivity contribution in [2.45, 2.75) is 51.0 Å². The maximum atomic E-state index is 12.9. The predicted octanol–water partition coefficient (Wildman–Crippen LogP) is 3.19. The molecule has 0 spiro atoms. The third-order valence-electron chi connectivity index (χ3n) is 6.25. The lowest BCUT2D eigenvalue weighted by atomic mass is 9.89. The zero-order chi connectivity index (χ0) is 18.6. The van der Waals surface area contributed by atoms with Crippen molar-refractivity contribution in [1.82, 2.24) is 20.0 Å². The second-order valence-corrected chi connectivity index (χ2v) is 7.99. The number of rotatable bonds is 5. The number of nitrogens with one attached hydrogen (secondary N) is 1. The maximum Gasteiger partial charge on any atom is 0.239 e. The van der Waals surface area contributed by atoms with E-state index in [4.69, 9.17) is 0 Å². The molecule has 0 radical (unpaired) electrons. The van der Waals surface area contributed by atoms with Gasteiger partial charge in [0.05, 0.1) is 12.2 Å². The summed E-state index contributed by atoms with van der Waals surface area (Å²) in [6.45, 7) is 5.92. The second-order valence-electron chi connectivity index (χ2n) is 7.99. The van der Waals surface area contributed by atoms with Crippen LogP contribution in [0, 0.1) is 0 Å². The molecule has 2 aliphatic heterocycles. The maximum absolute atomic E-state index is 12.9. The highest BCUT2D eigenvalue weighted by atomic mass is 16.2. The van der Waals surface area contributed by atoms with E-state index < -0.39 is 0 Å². The number of benzene rings is 1. The Labute approximate surface area is 161 Å². The summed E-state index contributed by atoms with van der Waals surface area (Å²) in [5.74, 6) is 0.779. The van der Waals surface area contributed by atoms with Crippen LogP contribution in [0.3, 0.4) is 0 Å². The lowest BCUT2D eigenvalue weighted by Crippen LogP contribution is -2.48. The molecule has 4 rings (SSSR count). The fourth-order valence-electron chi connectivity index (χ4n) is 4.57. The molecule has 0 aliphatic carbocycles. The summed E-state index contributed by atoms with van der Waals surface area (Å²) in [4.78, 5) is 17.3. The molecule has 2 aromatic rings. The molecular formula is C22H30N4O. The van der Waals surface area contributed by atoms with E-state index in [1.807, 2.05) is 6.20 Å². The zero-order valence-electron chi connectivity index (χ0n) is 16.2. The van der Waals surface area contributed by atoms with Crippen LogP contribution in [0.5, 0.6) is 0 Å². The number of amides is 1. The Bertz CT molecular complexity index is 743. The minimum absolute atomic E-state index is 0.0323. The molecule has 1 atom stereocenters. The van der Waals surface area contributed by atoms with Crippen molar-refractivity contribution in [3.8, 4) is 0 Å². The van der Waals surface area contributed by atoms with E-state index >= 15 is 0 Å². The molecular weight excluding hydrogens is 336 g/mol. The minimum atomic E-state index is 0.0323. The van der Waals surface area contributed by atoms with Gasteiger partial charge in [0.1, 0.15) is 0 Å². The minimum Gasteiger partial charge on any atom is -0.341 e. The van der Waals surface area contributed by atoms with Crippen molar-refractivity contribution in [2.75, 3.05) is 26.2 Å². The molecule has 27 heavy (non-hydrogen) atoms. The number of likely N-dealkylation sites (tertiary alicyclic amines) is 2. The summed E-state index contributed by atoms with van der Waals surface area (Å²) in [6, 6.07) is 10.6. The molecule has 1 amide bonds. The van der Waals surface area contributed by atoms with Crippen molar-refractivity contribution in [3.05, 3.63) is 53.3 Å². The van der Waals surface area contributed by atoms with Crippen molar-refractivity contribution in [2.24, 2.45) is 0 Å².